The molecule has 0 spiro atoms. The summed E-state index contributed by atoms with van der Waals surface area (Å²) in [4.78, 5) is 30.9. The van der Waals surface area contributed by atoms with Crippen LogP contribution in [0.3, 0.4) is 0 Å². The van der Waals surface area contributed by atoms with Crippen LogP contribution in [0.15, 0.2) is 78.9 Å². The van der Waals surface area contributed by atoms with Crippen molar-refractivity contribution in [2.45, 2.75) is 12.3 Å². The lowest BCUT2D eigenvalue weighted by molar-refractivity contribution is 0.0893. The number of hydrogen-bond donors (Lipinski definition) is 0. The van der Waals surface area contributed by atoms with Gasteiger partial charge in [-0.3, -0.25) is 9.59 Å². The highest BCUT2D eigenvalue weighted by molar-refractivity contribution is 7.18. The number of methoxy groups -OCH3 is 1. The number of ether oxygens (including phenoxy) is 1. The molecule has 0 aliphatic heterocycles. The highest BCUT2D eigenvalue weighted by atomic mass is 32.1. The molecule has 5 heteroatoms. The summed E-state index contributed by atoms with van der Waals surface area (Å²) in [5, 5.41) is 0.668. The molecule has 144 valence electrons. The van der Waals surface area contributed by atoms with Crippen LogP contribution in [0.4, 0.5) is 0 Å². The standard InChI is InChI=1S/C24H19NO3S/c1-28-18-13-11-16(12-14-18)21(26)15-19(23(27)17-7-3-2-4-8-17)24-25-20-9-5-6-10-22(20)29-24/h2-14,19H,15H2,1H3/t19-/m0/s1. The largest absolute Gasteiger partial charge is 0.497 e. The van der Waals surface area contributed by atoms with Crippen molar-refractivity contribution in [3.8, 4) is 5.75 Å². The SMILES string of the molecule is COc1ccc(C(=O)C[C@@H](C(=O)c2ccccc2)c2nc3ccccc3s2)cc1. The van der Waals surface area contributed by atoms with E-state index in [0.717, 1.165) is 10.2 Å². The average molecular weight is 401 g/mol. The Balaban J connectivity index is 1.69. The molecule has 4 nitrogen and oxygen atoms in total. The molecular weight excluding hydrogens is 382 g/mol. The number of para-hydroxylation sites is 1. The van der Waals surface area contributed by atoms with Gasteiger partial charge in [0, 0.05) is 17.5 Å². The number of Topliss-reactive ketones (excluding diaryl/α,β-unsaturated/α-hetero) is 2. The van der Waals surface area contributed by atoms with Crippen LogP contribution in [0, 0.1) is 0 Å². The Kier molecular flexibility index (Phi) is 5.49. The number of benzene rings is 3. The Bertz CT molecular complexity index is 1120. The minimum Gasteiger partial charge on any atom is -0.497 e. The molecule has 0 unspecified atom stereocenters. The highest BCUT2D eigenvalue weighted by Gasteiger charge is 2.28. The molecule has 0 saturated carbocycles. The highest BCUT2D eigenvalue weighted by Crippen LogP contribution is 2.33. The van der Waals surface area contributed by atoms with Crippen LogP contribution < -0.4 is 4.74 Å². The molecule has 1 heterocycles. The lowest BCUT2D eigenvalue weighted by atomic mass is 9.91. The predicted octanol–water partition coefficient (Wildman–Crippen LogP) is 5.54. The zero-order valence-corrected chi connectivity index (χ0v) is 16.7. The smallest absolute Gasteiger partial charge is 0.173 e. The number of hydrogen-bond acceptors (Lipinski definition) is 5. The third-order valence-electron chi connectivity index (χ3n) is 4.78. The van der Waals surface area contributed by atoms with E-state index in [2.05, 4.69) is 4.98 Å². The first-order valence-corrected chi connectivity index (χ1v) is 10.1. The fourth-order valence-electron chi connectivity index (χ4n) is 3.21. The summed E-state index contributed by atoms with van der Waals surface area (Å²) in [6, 6.07) is 23.8. The summed E-state index contributed by atoms with van der Waals surface area (Å²) >= 11 is 1.47. The van der Waals surface area contributed by atoms with Gasteiger partial charge in [-0.05, 0) is 36.4 Å². The van der Waals surface area contributed by atoms with E-state index in [9.17, 15) is 9.59 Å². The fraction of sp³-hybridized carbons (Fsp3) is 0.125. The number of rotatable bonds is 7. The maximum Gasteiger partial charge on any atom is 0.173 e. The Morgan fingerprint density at radius 3 is 2.28 bits per heavy atom. The van der Waals surface area contributed by atoms with Gasteiger partial charge in [0.1, 0.15) is 10.8 Å². The third-order valence-corrected chi connectivity index (χ3v) is 5.93. The van der Waals surface area contributed by atoms with E-state index >= 15 is 0 Å². The minimum atomic E-state index is -0.621. The van der Waals surface area contributed by atoms with Gasteiger partial charge in [0.15, 0.2) is 11.6 Å². The summed E-state index contributed by atoms with van der Waals surface area (Å²) in [6.07, 6.45) is 0.0693. The Hall–Kier alpha value is -3.31. The van der Waals surface area contributed by atoms with E-state index in [1.54, 1.807) is 43.5 Å². The first kappa shape index (κ1) is 19.0. The van der Waals surface area contributed by atoms with Crippen LogP contribution >= 0.6 is 11.3 Å². The van der Waals surface area contributed by atoms with Crippen molar-refractivity contribution in [1.29, 1.82) is 0 Å². The van der Waals surface area contributed by atoms with Gasteiger partial charge in [0.2, 0.25) is 0 Å². The van der Waals surface area contributed by atoms with Crippen LogP contribution in [0.1, 0.15) is 38.1 Å². The lowest BCUT2D eigenvalue weighted by Gasteiger charge is -2.13. The van der Waals surface area contributed by atoms with Crippen LogP contribution in [0.2, 0.25) is 0 Å². The van der Waals surface area contributed by atoms with Crippen LogP contribution in [0.25, 0.3) is 10.2 Å². The normalized spacial score (nSPS) is 11.9. The molecule has 1 atom stereocenters. The summed E-state index contributed by atoms with van der Waals surface area (Å²) in [6.45, 7) is 0. The van der Waals surface area contributed by atoms with Gasteiger partial charge in [-0.25, -0.2) is 4.98 Å². The Morgan fingerprint density at radius 2 is 1.59 bits per heavy atom. The molecule has 3 aromatic carbocycles. The summed E-state index contributed by atoms with van der Waals surface area (Å²) in [7, 11) is 1.58. The quantitative estimate of drug-likeness (QED) is 0.381. The van der Waals surface area contributed by atoms with Gasteiger partial charge in [0.25, 0.3) is 0 Å². The summed E-state index contributed by atoms with van der Waals surface area (Å²) in [5.41, 5.74) is 1.98. The number of aromatic nitrogens is 1. The van der Waals surface area contributed by atoms with E-state index in [4.69, 9.17) is 4.74 Å². The van der Waals surface area contributed by atoms with Gasteiger partial charge in [0.05, 0.1) is 23.2 Å². The number of carbonyl (C=O) groups is 2. The molecule has 0 aliphatic rings. The zero-order chi connectivity index (χ0) is 20.2. The number of carbonyl (C=O) groups excluding carboxylic acids is 2. The van der Waals surface area contributed by atoms with Gasteiger partial charge in [-0.1, -0.05) is 42.5 Å². The van der Waals surface area contributed by atoms with Crippen molar-refractivity contribution < 1.29 is 14.3 Å². The van der Waals surface area contributed by atoms with Crippen LogP contribution in [0.5, 0.6) is 5.75 Å². The molecule has 29 heavy (non-hydrogen) atoms. The first-order valence-electron chi connectivity index (χ1n) is 9.27. The molecule has 1 aromatic heterocycles. The van der Waals surface area contributed by atoms with Crippen LogP contribution in [-0.2, 0) is 0 Å². The third kappa shape index (κ3) is 4.10. The van der Waals surface area contributed by atoms with Crippen molar-refractivity contribution in [3.63, 3.8) is 0 Å². The van der Waals surface area contributed by atoms with Crippen molar-refractivity contribution in [1.82, 2.24) is 4.98 Å². The Labute approximate surface area is 172 Å². The van der Waals surface area contributed by atoms with Crippen molar-refractivity contribution in [3.05, 3.63) is 95.0 Å². The molecule has 0 aliphatic carbocycles. The van der Waals surface area contributed by atoms with E-state index in [1.807, 2.05) is 42.5 Å². The Morgan fingerprint density at radius 1 is 0.897 bits per heavy atom. The molecule has 4 rings (SSSR count). The van der Waals surface area contributed by atoms with E-state index < -0.39 is 5.92 Å². The maximum atomic E-state index is 13.3. The van der Waals surface area contributed by atoms with E-state index in [1.165, 1.54) is 11.3 Å². The molecule has 4 aromatic rings. The van der Waals surface area contributed by atoms with Crippen molar-refractivity contribution in [2.24, 2.45) is 0 Å². The maximum absolute atomic E-state index is 13.3. The number of nitrogens with zero attached hydrogens (tertiary/aromatic N) is 1. The van der Waals surface area contributed by atoms with E-state index in [0.29, 0.717) is 21.9 Å². The topological polar surface area (TPSA) is 56.3 Å². The molecule has 0 saturated heterocycles. The molecule has 0 radical (unpaired) electrons. The molecule has 0 bridgehead atoms. The van der Waals surface area contributed by atoms with Crippen molar-refractivity contribution in [2.75, 3.05) is 7.11 Å². The second-order valence-corrected chi connectivity index (χ2v) is 7.72. The monoisotopic (exact) mass is 401 g/mol. The summed E-state index contributed by atoms with van der Waals surface area (Å²) in [5.74, 6) is -0.123. The van der Waals surface area contributed by atoms with Gasteiger partial charge in [-0.2, -0.15) is 0 Å². The first-order chi connectivity index (χ1) is 14.2. The predicted molar refractivity (Wildman–Crippen MR) is 115 cm³/mol. The van der Waals surface area contributed by atoms with Crippen molar-refractivity contribution >= 4 is 33.1 Å². The minimum absolute atomic E-state index is 0.0693. The molecule has 0 fully saturated rings. The second kappa shape index (κ2) is 8.37. The van der Waals surface area contributed by atoms with Gasteiger partial charge >= 0.3 is 0 Å². The number of thiazole rings is 1. The molecular formula is C24H19NO3S. The zero-order valence-electron chi connectivity index (χ0n) is 15.9. The lowest BCUT2D eigenvalue weighted by Crippen LogP contribution is -2.17. The average Bonchev–Trinajstić information content (AvgIpc) is 3.21. The number of fused-ring (bicyclic) bond motifs is 1. The molecule has 0 amide bonds. The molecule has 0 N–H and O–H groups in total. The van der Waals surface area contributed by atoms with Gasteiger partial charge in [-0.15, -0.1) is 11.3 Å². The van der Waals surface area contributed by atoms with Crippen LogP contribution in [-0.4, -0.2) is 23.7 Å². The fourth-order valence-corrected chi connectivity index (χ4v) is 4.28. The van der Waals surface area contributed by atoms with Gasteiger partial charge < -0.3 is 4.74 Å². The summed E-state index contributed by atoms with van der Waals surface area (Å²) < 4.78 is 6.16. The van der Waals surface area contributed by atoms with E-state index in [-0.39, 0.29) is 18.0 Å². The number of ketones is 2. The second-order valence-electron chi connectivity index (χ2n) is 6.66.